The molecule has 0 saturated carbocycles. The van der Waals surface area contributed by atoms with E-state index in [1.165, 1.54) is 0 Å². The molecule has 5 rings (SSSR count). The lowest BCUT2D eigenvalue weighted by Crippen LogP contribution is -2.26. The predicted octanol–water partition coefficient (Wildman–Crippen LogP) is 5.66. The van der Waals surface area contributed by atoms with E-state index in [0.717, 1.165) is 50.9 Å². The monoisotopic (exact) mass is 444 g/mol. The van der Waals surface area contributed by atoms with E-state index in [-0.39, 0.29) is 11.4 Å². The molecule has 0 fully saturated rings. The van der Waals surface area contributed by atoms with Gasteiger partial charge in [0, 0.05) is 22.8 Å². The number of furan rings is 1. The molecule has 5 nitrogen and oxygen atoms in total. The number of para-hydroxylation sites is 2. The van der Waals surface area contributed by atoms with Crippen LogP contribution in [0.15, 0.2) is 88.2 Å². The number of sulfonamides is 1. The molecule has 0 aliphatic rings. The van der Waals surface area contributed by atoms with Crippen LogP contribution in [0, 0.1) is 0 Å². The summed E-state index contributed by atoms with van der Waals surface area (Å²) in [5, 5.41) is 2.10. The van der Waals surface area contributed by atoms with E-state index < -0.39 is 10.0 Å². The third kappa shape index (κ3) is 3.83. The Labute approximate surface area is 187 Å². The summed E-state index contributed by atoms with van der Waals surface area (Å²) in [6.45, 7) is 2.33. The van der Waals surface area contributed by atoms with Gasteiger partial charge in [-0.25, -0.2) is 13.1 Å². The predicted molar refractivity (Wildman–Crippen MR) is 128 cm³/mol. The quantitative estimate of drug-likeness (QED) is 0.340. The maximum Gasteiger partial charge on any atom is 0.240 e. The molecule has 162 valence electrons. The number of fused-ring (bicyclic) bond motifs is 2. The minimum atomic E-state index is -3.57. The number of H-pyrrole nitrogens is 1. The lowest BCUT2D eigenvalue weighted by atomic mass is 10.1. The molecule has 0 radical (unpaired) electrons. The van der Waals surface area contributed by atoms with E-state index in [9.17, 15) is 8.42 Å². The van der Waals surface area contributed by atoms with Gasteiger partial charge in [0.1, 0.15) is 5.58 Å². The maximum atomic E-state index is 12.8. The van der Waals surface area contributed by atoms with Gasteiger partial charge in [-0.3, -0.25) is 0 Å². The van der Waals surface area contributed by atoms with Gasteiger partial charge in [-0.1, -0.05) is 55.5 Å². The third-order valence-electron chi connectivity index (χ3n) is 5.79. The number of rotatable bonds is 7. The minimum absolute atomic E-state index is 0.283. The SMILES string of the molecule is CCc1ccc(S(=O)(=O)NCCc2c(-c3cc4ccccc4o3)[nH]c3ccccc23)cc1. The number of nitrogens with one attached hydrogen (secondary N) is 2. The zero-order chi connectivity index (χ0) is 22.1. The number of hydrogen-bond donors (Lipinski definition) is 2. The fourth-order valence-electron chi connectivity index (χ4n) is 4.07. The number of benzene rings is 3. The van der Waals surface area contributed by atoms with Gasteiger partial charge in [0.25, 0.3) is 0 Å². The Hall–Kier alpha value is -3.35. The average Bonchev–Trinajstić information content (AvgIpc) is 3.40. The molecular formula is C26H24N2O3S. The average molecular weight is 445 g/mol. The molecule has 5 aromatic rings. The topological polar surface area (TPSA) is 75.1 Å². The molecule has 3 aromatic carbocycles. The second-order valence-corrected chi connectivity index (χ2v) is 9.58. The van der Waals surface area contributed by atoms with Gasteiger partial charge < -0.3 is 9.40 Å². The number of aromatic nitrogens is 1. The summed E-state index contributed by atoms with van der Waals surface area (Å²) in [5.74, 6) is 0.746. The molecule has 0 saturated heterocycles. The van der Waals surface area contributed by atoms with E-state index >= 15 is 0 Å². The summed E-state index contributed by atoms with van der Waals surface area (Å²) in [6, 6.07) is 25.0. The zero-order valence-corrected chi connectivity index (χ0v) is 18.6. The highest BCUT2D eigenvalue weighted by Crippen LogP contribution is 2.34. The first kappa shape index (κ1) is 20.5. The summed E-state index contributed by atoms with van der Waals surface area (Å²) in [5.41, 5.74) is 4.84. The first-order valence-electron chi connectivity index (χ1n) is 10.7. The van der Waals surface area contributed by atoms with Crippen molar-refractivity contribution in [1.82, 2.24) is 9.71 Å². The Kier molecular flexibility index (Phi) is 5.33. The van der Waals surface area contributed by atoms with Crippen LogP contribution < -0.4 is 4.72 Å². The van der Waals surface area contributed by atoms with Crippen molar-refractivity contribution in [2.75, 3.05) is 6.54 Å². The lowest BCUT2D eigenvalue weighted by Gasteiger charge is -2.08. The zero-order valence-electron chi connectivity index (χ0n) is 17.8. The van der Waals surface area contributed by atoms with Gasteiger partial charge in [-0.05, 0) is 54.3 Å². The largest absolute Gasteiger partial charge is 0.455 e. The molecule has 2 heterocycles. The van der Waals surface area contributed by atoms with Gasteiger partial charge in [0.05, 0.1) is 10.6 Å². The fourth-order valence-corrected chi connectivity index (χ4v) is 5.11. The van der Waals surface area contributed by atoms with E-state index in [1.807, 2.05) is 73.7 Å². The molecule has 0 spiro atoms. The molecule has 2 N–H and O–H groups in total. The number of hydrogen-bond acceptors (Lipinski definition) is 3. The summed E-state index contributed by atoms with van der Waals surface area (Å²) >= 11 is 0. The van der Waals surface area contributed by atoms with Crippen LogP contribution in [0.4, 0.5) is 0 Å². The molecule has 0 aliphatic heterocycles. The van der Waals surface area contributed by atoms with Crippen LogP contribution in [-0.4, -0.2) is 19.9 Å². The molecule has 32 heavy (non-hydrogen) atoms. The molecule has 0 unspecified atom stereocenters. The molecule has 0 atom stereocenters. The van der Waals surface area contributed by atoms with E-state index in [4.69, 9.17) is 4.42 Å². The molecule has 0 amide bonds. The van der Waals surface area contributed by atoms with E-state index in [0.29, 0.717) is 6.42 Å². The van der Waals surface area contributed by atoms with Crippen molar-refractivity contribution in [3.05, 3.63) is 90.0 Å². The van der Waals surface area contributed by atoms with Crippen LogP contribution in [0.2, 0.25) is 0 Å². The summed E-state index contributed by atoms with van der Waals surface area (Å²) in [7, 11) is -3.57. The Balaban J connectivity index is 1.44. The lowest BCUT2D eigenvalue weighted by molar-refractivity contribution is 0.581. The standard InChI is InChI=1S/C26H24N2O3S/c1-2-18-11-13-20(14-12-18)32(29,30)27-16-15-22-21-8-4-5-9-23(21)28-26(22)25-17-19-7-3-6-10-24(19)31-25/h3-14,17,27-28H,2,15-16H2,1H3. The highest BCUT2D eigenvalue weighted by atomic mass is 32.2. The van der Waals surface area contributed by atoms with E-state index in [2.05, 4.69) is 9.71 Å². The smallest absolute Gasteiger partial charge is 0.240 e. The van der Waals surface area contributed by atoms with Crippen LogP contribution in [0.5, 0.6) is 0 Å². The van der Waals surface area contributed by atoms with Crippen LogP contribution in [0.1, 0.15) is 18.1 Å². The second-order valence-electron chi connectivity index (χ2n) is 7.82. The Morgan fingerprint density at radius 1 is 0.938 bits per heavy atom. The Morgan fingerprint density at radius 3 is 2.47 bits per heavy atom. The second kappa shape index (κ2) is 8.30. The first-order chi connectivity index (χ1) is 15.5. The van der Waals surface area contributed by atoms with Gasteiger partial charge in [-0.15, -0.1) is 0 Å². The third-order valence-corrected chi connectivity index (χ3v) is 7.27. The summed E-state index contributed by atoms with van der Waals surface area (Å²) in [4.78, 5) is 3.75. The van der Waals surface area contributed by atoms with Gasteiger partial charge in [0.15, 0.2) is 5.76 Å². The summed E-state index contributed by atoms with van der Waals surface area (Å²) < 4.78 is 34.4. The van der Waals surface area contributed by atoms with Gasteiger partial charge >= 0.3 is 0 Å². The molecule has 0 aliphatic carbocycles. The van der Waals surface area contributed by atoms with E-state index in [1.54, 1.807) is 12.1 Å². The van der Waals surface area contributed by atoms with Gasteiger partial charge in [0.2, 0.25) is 10.0 Å². The first-order valence-corrected chi connectivity index (χ1v) is 12.2. The normalized spacial score (nSPS) is 12.0. The Bertz CT molecular complexity index is 1460. The van der Waals surface area contributed by atoms with Crippen molar-refractivity contribution >= 4 is 31.9 Å². The van der Waals surface area contributed by atoms with Gasteiger partial charge in [-0.2, -0.15) is 0 Å². The van der Waals surface area contributed by atoms with Crippen molar-refractivity contribution < 1.29 is 12.8 Å². The highest BCUT2D eigenvalue weighted by Gasteiger charge is 2.18. The summed E-state index contributed by atoms with van der Waals surface area (Å²) in [6.07, 6.45) is 1.40. The van der Waals surface area contributed by atoms with Crippen LogP contribution >= 0.6 is 0 Å². The fraction of sp³-hybridized carbons (Fsp3) is 0.154. The minimum Gasteiger partial charge on any atom is -0.455 e. The number of aryl methyl sites for hydroxylation is 1. The van der Waals surface area contributed by atoms with Crippen LogP contribution in [-0.2, 0) is 22.9 Å². The molecule has 6 heteroatoms. The number of aromatic amines is 1. The van der Waals surface area contributed by atoms with Crippen molar-refractivity contribution in [3.63, 3.8) is 0 Å². The maximum absolute atomic E-state index is 12.8. The Morgan fingerprint density at radius 2 is 1.69 bits per heavy atom. The molecular weight excluding hydrogens is 420 g/mol. The van der Waals surface area contributed by atoms with Crippen molar-refractivity contribution in [2.45, 2.75) is 24.7 Å². The van der Waals surface area contributed by atoms with Crippen molar-refractivity contribution in [3.8, 4) is 11.5 Å². The molecule has 2 aromatic heterocycles. The van der Waals surface area contributed by atoms with Crippen LogP contribution in [0.3, 0.4) is 0 Å². The highest BCUT2D eigenvalue weighted by molar-refractivity contribution is 7.89. The molecule has 0 bridgehead atoms. The van der Waals surface area contributed by atoms with Crippen molar-refractivity contribution in [1.29, 1.82) is 0 Å². The van der Waals surface area contributed by atoms with Crippen LogP contribution in [0.25, 0.3) is 33.3 Å². The van der Waals surface area contributed by atoms with Crippen molar-refractivity contribution in [2.24, 2.45) is 0 Å².